The highest BCUT2D eigenvalue weighted by atomic mass is 31.3. The van der Waals surface area contributed by atoms with Crippen LogP contribution in [0.3, 0.4) is 0 Å². The van der Waals surface area contributed by atoms with Crippen LogP contribution in [0.1, 0.15) is 161 Å². The zero-order valence-electron chi connectivity index (χ0n) is 44.6. The lowest BCUT2D eigenvalue weighted by Gasteiger charge is -2.21. The number of hydrogen-bond acceptors (Lipinski definition) is 16. The summed E-state index contributed by atoms with van der Waals surface area (Å²) in [7, 11) is -10.9. The SMILES string of the molecule is CC/C=C\C/C=C\CC(O)/C=C/C=C\C/C=C\CCCC(=O)O[C@H](COC(=O)CCCCCCCC/C=C\C/C=C\C/C=C\CCCCCC)COP(=O)(O)OP(=O)(O)OC[C@H]1O[C@@H](n2ccc(N)nc2=O)[C@H](O)[C@@H]1O. The van der Waals surface area contributed by atoms with E-state index in [0.29, 0.717) is 32.1 Å². The summed E-state index contributed by atoms with van der Waals surface area (Å²) < 4.78 is 56.7. The molecule has 8 atom stereocenters. The van der Waals surface area contributed by atoms with Crippen molar-refractivity contribution in [2.75, 3.05) is 25.6 Å². The first-order chi connectivity index (χ1) is 36.6. The predicted molar refractivity (Wildman–Crippen MR) is 294 cm³/mol. The Balaban J connectivity index is 1.83. The number of nitrogens with two attached hydrogens (primary N) is 1. The largest absolute Gasteiger partial charge is 0.481 e. The first-order valence-corrected chi connectivity index (χ1v) is 29.8. The van der Waals surface area contributed by atoms with Crippen LogP contribution in [0.2, 0.25) is 0 Å². The van der Waals surface area contributed by atoms with E-state index in [-0.39, 0.29) is 18.7 Å². The fourth-order valence-electron chi connectivity index (χ4n) is 7.32. The number of allylic oxidation sites excluding steroid dienone is 14. The lowest BCUT2D eigenvalue weighted by molar-refractivity contribution is -0.161. The van der Waals surface area contributed by atoms with E-state index in [0.717, 1.165) is 81.4 Å². The average molecular weight is 1110 g/mol. The number of carbonyl (C=O) groups excluding carboxylic acids is 2. The third-order valence-electron chi connectivity index (χ3n) is 11.5. The molecule has 2 rings (SSSR count). The highest BCUT2D eigenvalue weighted by Gasteiger charge is 2.46. The van der Waals surface area contributed by atoms with Gasteiger partial charge in [0.15, 0.2) is 12.3 Å². The van der Waals surface area contributed by atoms with Crippen molar-refractivity contribution in [2.45, 2.75) is 192 Å². The topological polar surface area (TPSA) is 286 Å². The van der Waals surface area contributed by atoms with Crippen molar-refractivity contribution in [2.24, 2.45) is 0 Å². The molecule has 0 bridgehead atoms. The van der Waals surface area contributed by atoms with Gasteiger partial charge in [-0.2, -0.15) is 9.29 Å². The fraction of sp³-hybridized carbons (Fsp3) is 0.600. The van der Waals surface area contributed by atoms with E-state index < -0.39 is 89.8 Å². The molecule has 1 aromatic rings. The predicted octanol–water partition coefficient (Wildman–Crippen LogP) is 10.6. The van der Waals surface area contributed by atoms with Crippen molar-refractivity contribution in [3.05, 3.63) is 120 Å². The Bertz CT molecular complexity index is 2170. The van der Waals surface area contributed by atoms with Crippen LogP contribution in [-0.4, -0.2) is 96.9 Å². The van der Waals surface area contributed by atoms with Gasteiger partial charge in [-0.3, -0.25) is 23.2 Å². The van der Waals surface area contributed by atoms with Crippen LogP contribution in [-0.2, 0) is 46.3 Å². The number of nitrogens with zero attached hydrogens (tertiary/aromatic N) is 2. The maximum Gasteiger partial charge on any atom is 0.481 e. The number of esters is 2. The van der Waals surface area contributed by atoms with Gasteiger partial charge in [0.2, 0.25) is 0 Å². The molecule has 1 aliphatic rings. The third-order valence-corrected chi connectivity index (χ3v) is 14.1. The smallest absolute Gasteiger partial charge is 0.462 e. The van der Waals surface area contributed by atoms with E-state index in [1.807, 2.05) is 36.5 Å². The quantitative estimate of drug-likeness (QED) is 0.0116. The first kappa shape index (κ1) is 67.7. The average Bonchev–Trinajstić information content (AvgIpc) is 3.65. The van der Waals surface area contributed by atoms with E-state index in [1.54, 1.807) is 12.2 Å². The minimum absolute atomic E-state index is 0.0687. The van der Waals surface area contributed by atoms with Crippen LogP contribution < -0.4 is 11.4 Å². The molecular weight excluding hydrogens is 1020 g/mol. The van der Waals surface area contributed by atoms with Gasteiger partial charge in [-0.05, 0) is 89.5 Å². The number of unbranched alkanes of at least 4 members (excludes halogenated alkanes) is 11. The van der Waals surface area contributed by atoms with Gasteiger partial charge in [-0.25, -0.2) is 13.9 Å². The van der Waals surface area contributed by atoms with Crippen LogP contribution in [0.25, 0.3) is 0 Å². The number of carbonyl (C=O) groups is 2. The molecule has 1 fully saturated rings. The van der Waals surface area contributed by atoms with Gasteiger partial charge in [0.1, 0.15) is 30.7 Å². The standard InChI is InChI=1S/C55H87N3O16P2/c1-3-5-7-9-11-12-13-14-15-16-17-18-19-20-21-22-23-27-31-35-39-50(60)69-43-47(72-51(61)40-36-32-28-25-24-26-30-34-38-46(59)37-33-29-10-8-6-4-2)44-70-75(65,66)74-76(67,68)71-45-48-52(62)53(63)54(73-48)58-42-41-49(56)57-55(58)64/h6,8,12-13,15-16,18-19,25-26,28-30,33-34,38,41-42,46-48,52-54,59,62-63H,3-5,7,9-11,14,17,20-24,27,31-32,35-37,39-40,43-45H2,1-2H3,(H,65,66)(H,67,68)(H2,56,57,64)/b8-6-,13-12-,16-15-,19-18-,28-25-,30-26-,33-29-,38-34+/t46?,47-,48-,52-,53-,54-/m1/s1. The summed E-state index contributed by atoms with van der Waals surface area (Å²) in [4.78, 5) is 62.0. The molecule has 0 radical (unpaired) electrons. The first-order valence-electron chi connectivity index (χ1n) is 26.9. The Kier molecular flexibility index (Phi) is 37.2. The highest BCUT2D eigenvalue weighted by molar-refractivity contribution is 7.61. The number of ether oxygens (including phenoxy) is 3. The summed E-state index contributed by atoms with van der Waals surface area (Å²) >= 11 is 0. The summed E-state index contributed by atoms with van der Waals surface area (Å²) in [5.41, 5.74) is 4.58. The maximum atomic E-state index is 12.9. The van der Waals surface area contributed by atoms with Crippen LogP contribution in [0.5, 0.6) is 0 Å². The van der Waals surface area contributed by atoms with Gasteiger partial charge >= 0.3 is 33.3 Å². The number of aromatic nitrogens is 2. The minimum Gasteiger partial charge on any atom is -0.462 e. The van der Waals surface area contributed by atoms with Gasteiger partial charge < -0.3 is 45.1 Å². The molecule has 7 N–H and O–H groups in total. The molecular formula is C55H87N3O16P2. The second-order valence-electron chi connectivity index (χ2n) is 18.2. The molecule has 0 saturated carbocycles. The summed E-state index contributed by atoms with van der Waals surface area (Å²) in [6.45, 7) is 1.87. The van der Waals surface area contributed by atoms with Crippen molar-refractivity contribution in [3.8, 4) is 0 Å². The number of anilines is 1. The number of nitrogen functional groups attached to an aromatic ring is 1. The van der Waals surface area contributed by atoms with Crippen molar-refractivity contribution in [1.29, 1.82) is 0 Å². The van der Waals surface area contributed by atoms with Crippen LogP contribution >= 0.6 is 15.6 Å². The zero-order chi connectivity index (χ0) is 55.7. The number of rotatable bonds is 43. The van der Waals surface area contributed by atoms with E-state index in [4.69, 9.17) is 29.0 Å². The van der Waals surface area contributed by atoms with Crippen molar-refractivity contribution in [1.82, 2.24) is 9.55 Å². The molecule has 1 aromatic heterocycles. The number of phosphoric ester groups is 2. The number of aliphatic hydroxyl groups is 3. The molecule has 3 unspecified atom stereocenters. The molecule has 0 spiro atoms. The van der Waals surface area contributed by atoms with E-state index in [1.165, 1.54) is 31.7 Å². The molecule has 0 amide bonds. The maximum absolute atomic E-state index is 12.9. The van der Waals surface area contributed by atoms with Gasteiger partial charge in [0.05, 0.1) is 19.3 Å². The van der Waals surface area contributed by atoms with Crippen LogP contribution in [0.15, 0.2) is 114 Å². The summed E-state index contributed by atoms with van der Waals surface area (Å²) in [6, 6.07) is 1.24. The summed E-state index contributed by atoms with van der Waals surface area (Å²) in [5.74, 6) is -1.44. The second kappa shape index (κ2) is 41.7. The third kappa shape index (κ3) is 33.7. The Morgan fingerprint density at radius 3 is 1.93 bits per heavy atom. The van der Waals surface area contributed by atoms with Crippen molar-refractivity contribution < 1.29 is 71.4 Å². The van der Waals surface area contributed by atoms with Gasteiger partial charge in [-0.1, -0.05) is 156 Å². The molecule has 76 heavy (non-hydrogen) atoms. The molecule has 1 aliphatic heterocycles. The van der Waals surface area contributed by atoms with E-state index in [2.05, 4.69) is 71.8 Å². The summed E-state index contributed by atoms with van der Waals surface area (Å²) in [6.07, 6.45) is 43.7. The normalized spacial score (nSPS) is 19.9. The van der Waals surface area contributed by atoms with Gasteiger partial charge in [0.25, 0.3) is 0 Å². The van der Waals surface area contributed by atoms with Crippen molar-refractivity contribution >= 4 is 33.4 Å². The Hall–Kier alpha value is -4.36. The number of aliphatic hydroxyl groups excluding tert-OH is 3. The second-order valence-corrected chi connectivity index (χ2v) is 21.2. The monoisotopic (exact) mass is 1110 g/mol. The molecule has 2 heterocycles. The van der Waals surface area contributed by atoms with Crippen molar-refractivity contribution in [3.63, 3.8) is 0 Å². The molecule has 21 heteroatoms. The van der Waals surface area contributed by atoms with Crippen LogP contribution in [0, 0.1) is 0 Å². The van der Waals surface area contributed by atoms with E-state index >= 15 is 0 Å². The Labute approximate surface area is 450 Å². The van der Waals surface area contributed by atoms with Gasteiger partial charge in [-0.15, -0.1) is 0 Å². The lowest BCUT2D eigenvalue weighted by atomic mass is 10.1. The number of phosphoric acid groups is 2. The Morgan fingerprint density at radius 2 is 1.28 bits per heavy atom. The fourth-order valence-corrected chi connectivity index (χ4v) is 9.43. The zero-order valence-corrected chi connectivity index (χ0v) is 46.4. The molecule has 0 aliphatic carbocycles. The van der Waals surface area contributed by atoms with E-state index in [9.17, 15) is 48.6 Å². The minimum atomic E-state index is -5.46. The molecule has 19 nitrogen and oxygen atoms in total. The molecule has 1 saturated heterocycles. The Morgan fingerprint density at radius 1 is 0.711 bits per heavy atom. The van der Waals surface area contributed by atoms with Gasteiger partial charge in [0, 0.05) is 19.0 Å². The molecule has 428 valence electrons. The number of hydrogen-bond donors (Lipinski definition) is 6. The lowest BCUT2D eigenvalue weighted by Crippen LogP contribution is -2.36. The highest BCUT2D eigenvalue weighted by Crippen LogP contribution is 2.60. The van der Waals surface area contributed by atoms with Crippen LogP contribution in [0.4, 0.5) is 5.82 Å². The summed E-state index contributed by atoms with van der Waals surface area (Å²) in [5, 5.41) is 31.0. The molecule has 0 aromatic carbocycles.